The van der Waals surface area contributed by atoms with Crippen LogP contribution in [0.3, 0.4) is 0 Å². The lowest BCUT2D eigenvalue weighted by atomic mass is 9.90. The van der Waals surface area contributed by atoms with Crippen molar-refractivity contribution in [1.82, 2.24) is 5.32 Å². The topological polar surface area (TPSA) is 33.3 Å². The number of methoxy groups -OCH3 is 1. The van der Waals surface area contributed by atoms with E-state index in [1.807, 2.05) is 6.07 Å². The zero-order chi connectivity index (χ0) is 11.7. The molecule has 0 saturated heterocycles. The van der Waals surface area contributed by atoms with Crippen molar-refractivity contribution in [2.75, 3.05) is 19.0 Å². The van der Waals surface area contributed by atoms with E-state index in [9.17, 15) is 0 Å². The van der Waals surface area contributed by atoms with Gasteiger partial charge in [0.1, 0.15) is 5.75 Å². The second-order valence-electron chi connectivity index (χ2n) is 5.10. The molecule has 1 unspecified atom stereocenters. The van der Waals surface area contributed by atoms with Gasteiger partial charge in [0.25, 0.3) is 0 Å². The molecule has 1 aliphatic heterocycles. The number of hydrogen-bond donors (Lipinski definition) is 2. The number of rotatable bonds is 3. The number of nitrogens with one attached hydrogen (secondary N) is 2. The Hall–Kier alpha value is -1.22. The van der Waals surface area contributed by atoms with Crippen LogP contribution in [0.5, 0.6) is 5.75 Å². The Kier molecular flexibility index (Phi) is 2.93. The zero-order valence-corrected chi connectivity index (χ0v) is 10.3. The largest absolute Gasteiger partial charge is 0.497 e. The number of benzene rings is 1. The minimum Gasteiger partial charge on any atom is -0.497 e. The molecular weight excluding hydrogens is 212 g/mol. The Balaban J connectivity index is 1.67. The van der Waals surface area contributed by atoms with Crippen LogP contribution in [0.25, 0.3) is 0 Å². The fourth-order valence-electron chi connectivity index (χ4n) is 2.62. The zero-order valence-electron chi connectivity index (χ0n) is 10.3. The molecule has 3 heteroatoms. The van der Waals surface area contributed by atoms with E-state index in [0.29, 0.717) is 6.04 Å². The minimum absolute atomic E-state index is 0.584. The predicted octanol–water partition coefficient (Wildman–Crippen LogP) is 2.17. The summed E-state index contributed by atoms with van der Waals surface area (Å²) in [5, 5.41) is 7.23. The van der Waals surface area contributed by atoms with Crippen molar-refractivity contribution in [2.45, 2.75) is 37.8 Å². The van der Waals surface area contributed by atoms with Crippen LogP contribution in [0.2, 0.25) is 0 Å². The summed E-state index contributed by atoms with van der Waals surface area (Å²) in [4.78, 5) is 0. The third-order valence-electron chi connectivity index (χ3n) is 3.90. The van der Waals surface area contributed by atoms with Gasteiger partial charge >= 0.3 is 0 Å². The van der Waals surface area contributed by atoms with Crippen LogP contribution in [-0.2, 0) is 6.42 Å². The molecule has 0 bridgehead atoms. The molecule has 1 heterocycles. The number of hydrogen-bond acceptors (Lipinski definition) is 3. The van der Waals surface area contributed by atoms with Crippen molar-refractivity contribution in [3.05, 3.63) is 23.8 Å². The fraction of sp³-hybridized carbons (Fsp3) is 0.571. The maximum absolute atomic E-state index is 5.24. The standard InChI is InChI=1S/C14H20N2O/c1-17-13-6-5-10-7-12(9-15-14(10)8-13)16-11-3-2-4-11/h5-6,8,11-12,15-16H,2-4,7,9H2,1H3. The van der Waals surface area contributed by atoms with Crippen molar-refractivity contribution in [3.63, 3.8) is 0 Å². The smallest absolute Gasteiger partial charge is 0.120 e. The molecule has 17 heavy (non-hydrogen) atoms. The highest BCUT2D eigenvalue weighted by Crippen LogP contribution is 2.27. The Bertz CT molecular complexity index is 401. The summed E-state index contributed by atoms with van der Waals surface area (Å²) in [7, 11) is 1.71. The molecule has 1 aromatic carbocycles. The van der Waals surface area contributed by atoms with Gasteiger partial charge in [-0.05, 0) is 30.9 Å². The Morgan fingerprint density at radius 2 is 2.18 bits per heavy atom. The van der Waals surface area contributed by atoms with E-state index in [2.05, 4.69) is 22.8 Å². The van der Waals surface area contributed by atoms with Gasteiger partial charge in [-0.2, -0.15) is 0 Å². The van der Waals surface area contributed by atoms with Crippen LogP contribution in [0, 0.1) is 0 Å². The lowest BCUT2D eigenvalue weighted by Crippen LogP contribution is -2.48. The lowest BCUT2D eigenvalue weighted by Gasteiger charge is -2.34. The van der Waals surface area contributed by atoms with Crippen LogP contribution in [0.4, 0.5) is 5.69 Å². The molecule has 2 aliphatic rings. The molecule has 3 rings (SSSR count). The molecule has 2 N–H and O–H groups in total. The average Bonchev–Trinajstić information content (AvgIpc) is 2.33. The first-order valence-electron chi connectivity index (χ1n) is 6.52. The van der Waals surface area contributed by atoms with Gasteiger partial charge in [-0.25, -0.2) is 0 Å². The summed E-state index contributed by atoms with van der Waals surface area (Å²) in [5.74, 6) is 0.932. The maximum atomic E-state index is 5.24. The van der Waals surface area contributed by atoms with Crippen LogP contribution >= 0.6 is 0 Å². The molecule has 92 valence electrons. The summed E-state index contributed by atoms with van der Waals surface area (Å²) < 4.78 is 5.24. The highest BCUT2D eigenvalue weighted by molar-refractivity contribution is 5.57. The monoisotopic (exact) mass is 232 g/mol. The van der Waals surface area contributed by atoms with Gasteiger partial charge in [-0.3, -0.25) is 0 Å². The van der Waals surface area contributed by atoms with Gasteiger partial charge in [-0.15, -0.1) is 0 Å². The second kappa shape index (κ2) is 4.57. The molecule has 0 radical (unpaired) electrons. The van der Waals surface area contributed by atoms with Crippen molar-refractivity contribution < 1.29 is 4.74 Å². The van der Waals surface area contributed by atoms with Gasteiger partial charge in [-0.1, -0.05) is 12.5 Å². The first-order chi connectivity index (χ1) is 8.35. The number of fused-ring (bicyclic) bond motifs is 1. The van der Waals surface area contributed by atoms with E-state index < -0.39 is 0 Å². The minimum atomic E-state index is 0.584. The fourth-order valence-corrected chi connectivity index (χ4v) is 2.62. The quantitative estimate of drug-likeness (QED) is 0.838. The van der Waals surface area contributed by atoms with Gasteiger partial charge in [0.2, 0.25) is 0 Å². The lowest BCUT2D eigenvalue weighted by molar-refractivity contribution is 0.304. The molecule has 0 amide bonds. The van der Waals surface area contributed by atoms with Crippen LogP contribution < -0.4 is 15.4 Å². The van der Waals surface area contributed by atoms with Crippen molar-refractivity contribution in [1.29, 1.82) is 0 Å². The molecule has 3 nitrogen and oxygen atoms in total. The summed E-state index contributed by atoms with van der Waals surface area (Å²) in [6.07, 6.45) is 5.23. The van der Waals surface area contributed by atoms with E-state index >= 15 is 0 Å². The molecule has 1 fully saturated rings. The molecule has 1 aliphatic carbocycles. The van der Waals surface area contributed by atoms with Crippen LogP contribution in [0.15, 0.2) is 18.2 Å². The van der Waals surface area contributed by atoms with Gasteiger partial charge < -0.3 is 15.4 Å². The van der Waals surface area contributed by atoms with E-state index in [1.54, 1.807) is 7.11 Å². The molecule has 0 spiro atoms. The Morgan fingerprint density at radius 1 is 1.29 bits per heavy atom. The Labute approximate surface area is 103 Å². The third kappa shape index (κ3) is 2.25. The van der Waals surface area contributed by atoms with E-state index in [1.165, 1.54) is 30.5 Å². The number of anilines is 1. The SMILES string of the molecule is COc1ccc2c(c1)NCC(NC1CCC1)C2. The molecule has 1 aromatic rings. The summed E-state index contributed by atoms with van der Waals surface area (Å²) in [6.45, 7) is 1.02. The normalized spacial score (nSPS) is 23.5. The van der Waals surface area contributed by atoms with E-state index in [0.717, 1.165) is 24.8 Å². The molecular formula is C14H20N2O. The van der Waals surface area contributed by atoms with Crippen molar-refractivity contribution in [2.24, 2.45) is 0 Å². The first-order valence-corrected chi connectivity index (χ1v) is 6.52. The summed E-state index contributed by atoms with van der Waals surface area (Å²) in [5.41, 5.74) is 2.63. The molecule has 0 aromatic heterocycles. The van der Waals surface area contributed by atoms with Gasteiger partial charge in [0.05, 0.1) is 7.11 Å². The van der Waals surface area contributed by atoms with E-state index in [-0.39, 0.29) is 0 Å². The van der Waals surface area contributed by atoms with Gasteiger partial charge in [0.15, 0.2) is 0 Å². The first kappa shape index (κ1) is 10.9. The summed E-state index contributed by atoms with van der Waals surface area (Å²) in [6, 6.07) is 7.67. The number of ether oxygens (including phenoxy) is 1. The highest BCUT2D eigenvalue weighted by Gasteiger charge is 2.24. The van der Waals surface area contributed by atoms with Crippen molar-refractivity contribution in [3.8, 4) is 5.75 Å². The maximum Gasteiger partial charge on any atom is 0.120 e. The molecule has 1 atom stereocenters. The van der Waals surface area contributed by atoms with Crippen LogP contribution in [-0.4, -0.2) is 25.7 Å². The average molecular weight is 232 g/mol. The van der Waals surface area contributed by atoms with Crippen molar-refractivity contribution >= 4 is 5.69 Å². The molecule has 1 saturated carbocycles. The summed E-state index contributed by atoms with van der Waals surface area (Å²) >= 11 is 0. The predicted molar refractivity (Wildman–Crippen MR) is 69.8 cm³/mol. The third-order valence-corrected chi connectivity index (χ3v) is 3.90. The Morgan fingerprint density at radius 3 is 2.88 bits per heavy atom. The second-order valence-corrected chi connectivity index (χ2v) is 5.10. The highest BCUT2D eigenvalue weighted by atomic mass is 16.5. The van der Waals surface area contributed by atoms with E-state index in [4.69, 9.17) is 4.74 Å². The van der Waals surface area contributed by atoms with Gasteiger partial charge in [0, 0.05) is 30.4 Å². The van der Waals surface area contributed by atoms with Crippen LogP contribution in [0.1, 0.15) is 24.8 Å².